The minimum atomic E-state index is 0.155. The second kappa shape index (κ2) is 4.21. The topological polar surface area (TPSA) is 56.7 Å². The zero-order valence-electron chi connectivity index (χ0n) is 7.64. The summed E-state index contributed by atoms with van der Waals surface area (Å²) in [5, 5.41) is 8.00. The lowest BCUT2D eigenvalue weighted by atomic mass is 10.0. The molecule has 0 fully saturated rings. The number of nitrogens with two attached hydrogens (primary N) is 1. The maximum atomic E-state index is 5.92. The summed E-state index contributed by atoms with van der Waals surface area (Å²) in [6.45, 7) is 5.00. The number of rotatable bonds is 4. The molecule has 0 radical (unpaired) electrons. The van der Waals surface area contributed by atoms with E-state index in [0.29, 0.717) is 12.5 Å². The summed E-state index contributed by atoms with van der Waals surface area (Å²) >= 11 is 0. The van der Waals surface area contributed by atoms with Crippen LogP contribution in [0.5, 0.6) is 0 Å². The SMILES string of the molecule is CCC(C)C(N)Cn1nccn1. The summed E-state index contributed by atoms with van der Waals surface area (Å²) in [5.41, 5.74) is 5.92. The van der Waals surface area contributed by atoms with Gasteiger partial charge in [0, 0.05) is 6.04 Å². The fraction of sp³-hybridized carbons (Fsp3) is 0.750. The number of hydrogen-bond donors (Lipinski definition) is 1. The van der Waals surface area contributed by atoms with Crippen LogP contribution in [-0.2, 0) is 6.54 Å². The van der Waals surface area contributed by atoms with E-state index in [-0.39, 0.29) is 6.04 Å². The molecule has 0 aliphatic carbocycles. The van der Waals surface area contributed by atoms with Gasteiger partial charge in [0.15, 0.2) is 0 Å². The number of hydrogen-bond acceptors (Lipinski definition) is 3. The first-order chi connectivity index (χ1) is 5.74. The summed E-state index contributed by atoms with van der Waals surface area (Å²) in [6, 6.07) is 0.155. The van der Waals surface area contributed by atoms with Crippen molar-refractivity contribution in [3.8, 4) is 0 Å². The van der Waals surface area contributed by atoms with Crippen molar-refractivity contribution >= 4 is 0 Å². The standard InChI is InChI=1S/C8H16N4/c1-3-7(2)8(9)6-12-10-4-5-11-12/h4-5,7-8H,3,6,9H2,1-2H3. The van der Waals surface area contributed by atoms with Crippen molar-refractivity contribution in [1.29, 1.82) is 0 Å². The molecule has 4 heteroatoms. The maximum absolute atomic E-state index is 5.92. The molecule has 1 rings (SSSR count). The van der Waals surface area contributed by atoms with Gasteiger partial charge >= 0.3 is 0 Å². The molecule has 0 amide bonds. The van der Waals surface area contributed by atoms with Crippen molar-refractivity contribution in [3.63, 3.8) is 0 Å². The van der Waals surface area contributed by atoms with Gasteiger partial charge in [-0.25, -0.2) is 0 Å². The highest BCUT2D eigenvalue weighted by molar-refractivity contribution is 4.68. The predicted octanol–water partition coefficient (Wildman–Crippen LogP) is 0.651. The molecular weight excluding hydrogens is 152 g/mol. The molecule has 0 aliphatic heterocycles. The molecule has 0 bridgehead atoms. The van der Waals surface area contributed by atoms with Crippen LogP contribution in [0, 0.1) is 5.92 Å². The van der Waals surface area contributed by atoms with E-state index in [4.69, 9.17) is 5.73 Å². The van der Waals surface area contributed by atoms with E-state index in [1.54, 1.807) is 17.2 Å². The third-order valence-electron chi connectivity index (χ3n) is 2.22. The Balaban J connectivity index is 2.41. The van der Waals surface area contributed by atoms with E-state index >= 15 is 0 Å². The quantitative estimate of drug-likeness (QED) is 0.718. The Hall–Kier alpha value is -0.900. The van der Waals surface area contributed by atoms with Crippen LogP contribution in [0.25, 0.3) is 0 Å². The van der Waals surface area contributed by atoms with E-state index in [1.165, 1.54) is 0 Å². The molecule has 2 atom stereocenters. The molecule has 2 unspecified atom stereocenters. The van der Waals surface area contributed by atoms with E-state index in [2.05, 4.69) is 24.0 Å². The summed E-state index contributed by atoms with van der Waals surface area (Å²) in [4.78, 5) is 1.64. The molecule has 12 heavy (non-hydrogen) atoms. The first-order valence-corrected chi connectivity index (χ1v) is 4.33. The lowest BCUT2D eigenvalue weighted by molar-refractivity contribution is 0.361. The maximum Gasteiger partial charge on any atom is 0.0760 e. The predicted molar refractivity (Wildman–Crippen MR) is 47.5 cm³/mol. The molecule has 0 saturated heterocycles. The molecule has 4 nitrogen and oxygen atoms in total. The van der Waals surface area contributed by atoms with Gasteiger partial charge < -0.3 is 5.73 Å². The fourth-order valence-electron chi connectivity index (χ4n) is 1.01. The Kier molecular flexibility index (Phi) is 3.22. The van der Waals surface area contributed by atoms with Crippen molar-refractivity contribution < 1.29 is 0 Å². The Morgan fingerprint density at radius 3 is 2.50 bits per heavy atom. The van der Waals surface area contributed by atoms with Crippen molar-refractivity contribution in [2.45, 2.75) is 32.9 Å². The monoisotopic (exact) mass is 168 g/mol. The Morgan fingerprint density at radius 2 is 2.00 bits per heavy atom. The van der Waals surface area contributed by atoms with Crippen LogP contribution in [0.15, 0.2) is 12.4 Å². The van der Waals surface area contributed by atoms with Crippen LogP contribution in [0.4, 0.5) is 0 Å². The van der Waals surface area contributed by atoms with Crippen molar-refractivity contribution in [3.05, 3.63) is 12.4 Å². The summed E-state index contributed by atoms with van der Waals surface area (Å²) in [6.07, 6.45) is 4.44. The summed E-state index contributed by atoms with van der Waals surface area (Å²) in [7, 11) is 0. The second-order valence-electron chi connectivity index (χ2n) is 3.13. The van der Waals surface area contributed by atoms with Crippen LogP contribution in [0.1, 0.15) is 20.3 Å². The lowest BCUT2D eigenvalue weighted by Crippen LogP contribution is -2.33. The third-order valence-corrected chi connectivity index (χ3v) is 2.22. The summed E-state index contributed by atoms with van der Waals surface area (Å²) in [5.74, 6) is 0.524. The number of aromatic nitrogens is 3. The van der Waals surface area contributed by atoms with Crippen LogP contribution in [-0.4, -0.2) is 21.0 Å². The minimum Gasteiger partial charge on any atom is -0.326 e. The molecule has 0 aromatic carbocycles. The molecule has 2 N–H and O–H groups in total. The Morgan fingerprint density at radius 1 is 1.42 bits per heavy atom. The largest absolute Gasteiger partial charge is 0.326 e. The van der Waals surface area contributed by atoms with Gasteiger partial charge in [-0.3, -0.25) is 0 Å². The van der Waals surface area contributed by atoms with Crippen molar-refractivity contribution in [1.82, 2.24) is 15.0 Å². The molecule has 1 aromatic rings. The van der Waals surface area contributed by atoms with E-state index in [0.717, 1.165) is 6.42 Å². The van der Waals surface area contributed by atoms with Crippen LogP contribution >= 0.6 is 0 Å². The average molecular weight is 168 g/mol. The fourth-order valence-corrected chi connectivity index (χ4v) is 1.01. The van der Waals surface area contributed by atoms with Gasteiger partial charge in [-0.15, -0.1) is 0 Å². The normalized spacial score (nSPS) is 15.9. The number of nitrogens with zero attached hydrogens (tertiary/aromatic N) is 3. The molecule has 1 heterocycles. The van der Waals surface area contributed by atoms with Gasteiger partial charge in [0.2, 0.25) is 0 Å². The average Bonchev–Trinajstić information content (AvgIpc) is 2.55. The minimum absolute atomic E-state index is 0.155. The third kappa shape index (κ3) is 2.30. The zero-order valence-corrected chi connectivity index (χ0v) is 7.64. The molecule has 0 aliphatic rings. The molecule has 68 valence electrons. The zero-order chi connectivity index (χ0) is 8.97. The first-order valence-electron chi connectivity index (χ1n) is 4.33. The van der Waals surface area contributed by atoms with Gasteiger partial charge in [0.25, 0.3) is 0 Å². The van der Waals surface area contributed by atoms with E-state index < -0.39 is 0 Å². The molecular formula is C8H16N4. The van der Waals surface area contributed by atoms with Gasteiger partial charge in [-0.2, -0.15) is 15.0 Å². The van der Waals surface area contributed by atoms with Gasteiger partial charge in [0.05, 0.1) is 18.9 Å². The first kappa shape index (κ1) is 9.19. The highest BCUT2D eigenvalue weighted by Crippen LogP contribution is 2.05. The van der Waals surface area contributed by atoms with Crippen molar-refractivity contribution in [2.75, 3.05) is 0 Å². The van der Waals surface area contributed by atoms with Crippen LogP contribution < -0.4 is 5.73 Å². The Labute approximate surface area is 72.8 Å². The Bertz CT molecular complexity index is 207. The van der Waals surface area contributed by atoms with E-state index in [1.807, 2.05) is 0 Å². The highest BCUT2D eigenvalue weighted by atomic mass is 15.5. The van der Waals surface area contributed by atoms with Crippen LogP contribution in [0.2, 0.25) is 0 Å². The second-order valence-corrected chi connectivity index (χ2v) is 3.13. The molecule has 0 spiro atoms. The lowest BCUT2D eigenvalue weighted by Gasteiger charge is -2.16. The molecule has 0 saturated carbocycles. The molecule has 1 aromatic heterocycles. The smallest absolute Gasteiger partial charge is 0.0760 e. The summed E-state index contributed by atoms with van der Waals surface area (Å²) < 4.78 is 0. The van der Waals surface area contributed by atoms with Gasteiger partial charge in [-0.05, 0) is 5.92 Å². The highest BCUT2D eigenvalue weighted by Gasteiger charge is 2.11. The van der Waals surface area contributed by atoms with Gasteiger partial charge in [0.1, 0.15) is 0 Å². The van der Waals surface area contributed by atoms with E-state index in [9.17, 15) is 0 Å². The van der Waals surface area contributed by atoms with Gasteiger partial charge in [-0.1, -0.05) is 20.3 Å². The van der Waals surface area contributed by atoms with Crippen LogP contribution in [0.3, 0.4) is 0 Å². The van der Waals surface area contributed by atoms with Crippen molar-refractivity contribution in [2.24, 2.45) is 11.7 Å².